The van der Waals surface area contributed by atoms with Crippen molar-refractivity contribution in [3.8, 4) is 0 Å². The van der Waals surface area contributed by atoms with E-state index >= 15 is 0 Å². The summed E-state index contributed by atoms with van der Waals surface area (Å²) < 4.78 is 24.4. The van der Waals surface area contributed by atoms with Gasteiger partial charge in [-0.1, -0.05) is 0 Å². The van der Waals surface area contributed by atoms with Gasteiger partial charge in [-0.3, -0.25) is 9.59 Å². The monoisotopic (exact) mass is 250 g/mol. The second-order valence-electron chi connectivity index (χ2n) is 3.87. The van der Waals surface area contributed by atoms with E-state index < -0.39 is 18.9 Å². The van der Waals surface area contributed by atoms with Crippen LogP contribution >= 0.6 is 0 Å². The Labute approximate surface area is 98.0 Å². The number of likely N-dealkylation sites (tertiary alicyclic amines) is 1. The number of carbonyl (C=O) groups excluding carboxylic acids is 2. The number of halogens is 2. The Kier molecular flexibility index (Phi) is 5.27. The lowest BCUT2D eigenvalue weighted by molar-refractivity contribution is -0.139. The van der Waals surface area contributed by atoms with E-state index in [-0.39, 0.29) is 25.6 Å². The summed E-state index contributed by atoms with van der Waals surface area (Å²) in [6.45, 7) is -0.892. The van der Waals surface area contributed by atoms with E-state index in [1.807, 2.05) is 0 Å². The molecule has 0 bridgehead atoms. The van der Waals surface area contributed by atoms with Crippen LogP contribution in [0, 0.1) is 0 Å². The summed E-state index contributed by atoms with van der Waals surface area (Å²) >= 11 is 0. The van der Waals surface area contributed by atoms with Crippen molar-refractivity contribution in [2.75, 3.05) is 32.8 Å². The number of aliphatic hydroxyl groups is 1. The van der Waals surface area contributed by atoms with Crippen molar-refractivity contribution in [1.29, 1.82) is 0 Å². The molecule has 1 saturated heterocycles. The molecule has 0 spiro atoms. The number of hydrogen-bond acceptors (Lipinski definition) is 3. The molecule has 98 valence electrons. The zero-order valence-corrected chi connectivity index (χ0v) is 9.44. The summed E-state index contributed by atoms with van der Waals surface area (Å²) in [6, 6.07) is 0. The third-order valence-corrected chi connectivity index (χ3v) is 2.58. The van der Waals surface area contributed by atoms with Gasteiger partial charge in [-0.05, 0) is 6.42 Å². The fourth-order valence-electron chi connectivity index (χ4n) is 1.74. The van der Waals surface area contributed by atoms with Crippen LogP contribution in [0.2, 0.25) is 0 Å². The molecule has 1 rings (SSSR count). The van der Waals surface area contributed by atoms with E-state index in [2.05, 4.69) is 0 Å². The van der Waals surface area contributed by atoms with Gasteiger partial charge >= 0.3 is 0 Å². The van der Waals surface area contributed by atoms with E-state index in [4.69, 9.17) is 5.11 Å². The molecule has 0 aromatic heterocycles. The first-order chi connectivity index (χ1) is 8.04. The van der Waals surface area contributed by atoms with Gasteiger partial charge in [-0.15, -0.1) is 0 Å². The zero-order chi connectivity index (χ0) is 12.8. The maximum Gasteiger partial charge on any atom is 0.255 e. The second kappa shape index (κ2) is 6.48. The van der Waals surface area contributed by atoms with Crippen LogP contribution in [0.4, 0.5) is 8.78 Å². The van der Waals surface area contributed by atoms with Gasteiger partial charge in [0.1, 0.15) is 0 Å². The van der Waals surface area contributed by atoms with Crippen LogP contribution in [0.3, 0.4) is 0 Å². The first-order valence-electron chi connectivity index (χ1n) is 5.49. The normalized spacial score (nSPS) is 15.8. The highest BCUT2D eigenvalue weighted by Crippen LogP contribution is 2.10. The molecule has 1 aliphatic heterocycles. The van der Waals surface area contributed by atoms with E-state index in [0.717, 1.165) is 4.90 Å². The highest BCUT2D eigenvalue weighted by molar-refractivity contribution is 5.85. The van der Waals surface area contributed by atoms with Gasteiger partial charge in [0.05, 0.1) is 19.7 Å². The molecule has 0 unspecified atom stereocenters. The van der Waals surface area contributed by atoms with Gasteiger partial charge in [0.25, 0.3) is 6.43 Å². The maximum absolute atomic E-state index is 12.2. The van der Waals surface area contributed by atoms with E-state index in [0.29, 0.717) is 19.4 Å². The minimum atomic E-state index is -2.64. The molecule has 0 radical (unpaired) electrons. The highest BCUT2D eigenvalue weighted by Gasteiger charge is 2.25. The summed E-state index contributed by atoms with van der Waals surface area (Å²) in [5, 5.41) is 8.69. The van der Waals surface area contributed by atoms with Crippen LogP contribution in [-0.2, 0) is 9.59 Å². The van der Waals surface area contributed by atoms with Gasteiger partial charge in [0.2, 0.25) is 11.8 Å². The van der Waals surface area contributed by atoms with Crippen LogP contribution in [0.15, 0.2) is 0 Å². The molecule has 0 aromatic rings. The fraction of sp³-hybridized carbons (Fsp3) is 0.800. The number of hydrogen-bond donors (Lipinski definition) is 1. The summed E-state index contributed by atoms with van der Waals surface area (Å²) in [4.78, 5) is 25.2. The molecule has 0 aliphatic carbocycles. The molecule has 0 aromatic carbocycles. The van der Waals surface area contributed by atoms with Crippen molar-refractivity contribution in [2.45, 2.75) is 19.3 Å². The Morgan fingerprint density at radius 1 is 1.53 bits per heavy atom. The van der Waals surface area contributed by atoms with Crippen LogP contribution in [0.25, 0.3) is 0 Å². The quantitative estimate of drug-likeness (QED) is 0.703. The average Bonchev–Trinajstić information content (AvgIpc) is 2.63. The van der Waals surface area contributed by atoms with E-state index in [1.165, 1.54) is 4.90 Å². The minimum Gasteiger partial charge on any atom is -0.395 e. The van der Waals surface area contributed by atoms with Crippen LogP contribution in [0.1, 0.15) is 12.8 Å². The molecule has 0 saturated carbocycles. The summed E-state index contributed by atoms with van der Waals surface area (Å²) in [5.41, 5.74) is 0. The van der Waals surface area contributed by atoms with Crippen molar-refractivity contribution in [3.05, 3.63) is 0 Å². The van der Waals surface area contributed by atoms with Gasteiger partial charge in [0, 0.05) is 19.5 Å². The lowest BCUT2D eigenvalue weighted by atomic mass is 10.4. The molecule has 5 nitrogen and oxygen atoms in total. The molecule has 1 N–H and O–H groups in total. The average molecular weight is 250 g/mol. The Bertz CT molecular complexity index is 287. The summed E-state index contributed by atoms with van der Waals surface area (Å²) in [7, 11) is 0. The van der Waals surface area contributed by atoms with Crippen molar-refractivity contribution < 1.29 is 23.5 Å². The zero-order valence-electron chi connectivity index (χ0n) is 9.44. The van der Waals surface area contributed by atoms with Crippen LogP contribution in [-0.4, -0.2) is 65.9 Å². The Morgan fingerprint density at radius 2 is 2.24 bits per heavy atom. The minimum absolute atomic E-state index is 0.126. The summed E-state index contributed by atoms with van der Waals surface area (Å²) in [6.07, 6.45) is -1.54. The molecule has 1 fully saturated rings. The molecule has 1 aliphatic rings. The molecule has 0 atom stereocenters. The molecular formula is C10H16F2N2O3. The second-order valence-corrected chi connectivity index (χ2v) is 3.87. The number of aliphatic hydroxyl groups excluding tert-OH is 1. The van der Waals surface area contributed by atoms with E-state index in [9.17, 15) is 18.4 Å². The van der Waals surface area contributed by atoms with Crippen molar-refractivity contribution in [3.63, 3.8) is 0 Å². The standard InChI is InChI=1S/C10H16F2N2O3/c11-8(12)6-14(4-5-15)10(17)7-13-3-1-2-9(13)16/h8,15H,1-7H2. The molecule has 2 amide bonds. The number of alkyl halides is 2. The largest absolute Gasteiger partial charge is 0.395 e. The van der Waals surface area contributed by atoms with Gasteiger partial charge in [-0.25, -0.2) is 8.78 Å². The van der Waals surface area contributed by atoms with E-state index in [1.54, 1.807) is 0 Å². The highest BCUT2D eigenvalue weighted by atomic mass is 19.3. The van der Waals surface area contributed by atoms with Gasteiger partial charge in [0.15, 0.2) is 0 Å². The number of nitrogens with zero attached hydrogens (tertiary/aromatic N) is 2. The first-order valence-corrected chi connectivity index (χ1v) is 5.49. The maximum atomic E-state index is 12.2. The van der Waals surface area contributed by atoms with Gasteiger partial charge in [-0.2, -0.15) is 0 Å². The third-order valence-electron chi connectivity index (χ3n) is 2.58. The molecule has 17 heavy (non-hydrogen) atoms. The first kappa shape index (κ1) is 13.8. The third kappa shape index (κ3) is 4.26. The number of carbonyl (C=O) groups is 2. The molecule has 1 heterocycles. The van der Waals surface area contributed by atoms with Crippen molar-refractivity contribution in [1.82, 2.24) is 9.80 Å². The lowest BCUT2D eigenvalue weighted by Gasteiger charge is -2.24. The topological polar surface area (TPSA) is 60.9 Å². The molecule has 7 heteroatoms. The smallest absolute Gasteiger partial charge is 0.255 e. The fourth-order valence-corrected chi connectivity index (χ4v) is 1.74. The SMILES string of the molecule is O=C1CCCN1CC(=O)N(CCO)CC(F)F. The summed E-state index contributed by atoms with van der Waals surface area (Å²) in [5.74, 6) is -0.672. The van der Waals surface area contributed by atoms with Crippen molar-refractivity contribution >= 4 is 11.8 Å². The van der Waals surface area contributed by atoms with Crippen LogP contribution in [0.5, 0.6) is 0 Å². The predicted octanol–water partition coefficient (Wildman–Crippen LogP) is -0.305. The van der Waals surface area contributed by atoms with Gasteiger partial charge < -0.3 is 14.9 Å². The molecular weight excluding hydrogens is 234 g/mol. The Balaban J connectivity index is 2.49. The Hall–Kier alpha value is -1.24. The Morgan fingerprint density at radius 3 is 2.71 bits per heavy atom. The number of amides is 2. The number of rotatable bonds is 6. The lowest BCUT2D eigenvalue weighted by Crippen LogP contribution is -2.44. The predicted molar refractivity (Wildman–Crippen MR) is 55.5 cm³/mol. The van der Waals surface area contributed by atoms with Crippen molar-refractivity contribution in [2.24, 2.45) is 0 Å². The van der Waals surface area contributed by atoms with Crippen LogP contribution < -0.4 is 0 Å².